The van der Waals surface area contributed by atoms with E-state index in [0.29, 0.717) is 23.6 Å². The zero-order valence-electron chi connectivity index (χ0n) is 15.5. The third-order valence-corrected chi connectivity index (χ3v) is 4.59. The quantitative estimate of drug-likeness (QED) is 0.742. The van der Waals surface area contributed by atoms with Crippen LogP contribution in [0.4, 0.5) is 0 Å². The smallest absolute Gasteiger partial charge is 0.267 e. The van der Waals surface area contributed by atoms with Gasteiger partial charge in [-0.1, -0.05) is 24.3 Å². The molecule has 0 spiro atoms. The fourth-order valence-electron chi connectivity index (χ4n) is 3.17. The molecule has 3 aromatic rings. The molecule has 0 fully saturated rings. The lowest BCUT2D eigenvalue weighted by Gasteiger charge is -2.12. The van der Waals surface area contributed by atoms with Crippen molar-refractivity contribution in [3.05, 3.63) is 88.1 Å². The number of aromatic hydroxyl groups is 1. The summed E-state index contributed by atoms with van der Waals surface area (Å²) in [6, 6.07) is 12.9. The van der Waals surface area contributed by atoms with E-state index in [1.807, 2.05) is 36.4 Å². The van der Waals surface area contributed by atoms with E-state index in [0.717, 1.165) is 29.5 Å². The van der Waals surface area contributed by atoms with Gasteiger partial charge in [0.15, 0.2) is 11.6 Å². The Balaban J connectivity index is 1.63. The van der Waals surface area contributed by atoms with Crippen molar-refractivity contribution < 1.29 is 5.11 Å². The molecule has 29 heavy (non-hydrogen) atoms. The van der Waals surface area contributed by atoms with E-state index in [1.165, 1.54) is 23.1 Å². The second-order valence-electron chi connectivity index (χ2n) is 6.66. The summed E-state index contributed by atoms with van der Waals surface area (Å²) in [4.78, 5) is 20.6. The molecule has 2 heterocycles. The molecule has 0 saturated carbocycles. The van der Waals surface area contributed by atoms with Gasteiger partial charge in [-0.2, -0.15) is 10.4 Å². The van der Waals surface area contributed by atoms with Crippen LogP contribution in [-0.2, 0) is 6.54 Å². The first-order chi connectivity index (χ1) is 14.1. The molecule has 0 bridgehead atoms. The van der Waals surface area contributed by atoms with Gasteiger partial charge in [0.1, 0.15) is 0 Å². The summed E-state index contributed by atoms with van der Waals surface area (Å²) < 4.78 is 1.41. The zero-order chi connectivity index (χ0) is 20.2. The number of rotatable bonds is 4. The van der Waals surface area contributed by atoms with Crippen molar-refractivity contribution in [2.75, 3.05) is 0 Å². The lowest BCUT2D eigenvalue weighted by atomic mass is 9.97. The SMILES string of the molecule is N#CC1=CCCC(c2ccc(=O)n(Cc3cccc(-c4ncc(O)cn4)c3)n2)=C1. The summed E-state index contributed by atoms with van der Waals surface area (Å²) in [5.41, 5.74) is 3.72. The molecule has 0 unspecified atom stereocenters. The number of benzene rings is 1. The molecule has 7 nitrogen and oxygen atoms in total. The van der Waals surface area contributed by atoms with Gasteiger partial charge in [-0.25, -0.2) is 14.6 Å². The molecule has 1 N–H and O–H groups in total. The van der Waals surface area contributed by atoms with E-state index < -0.39 is 0 Å². The van der Waals surface area contributed by atoms with Gasteiger partial charge in [0.2, 0.25) is 0 Å². The molecule has 0 radical (unpaired) electrons. The summed E-state index contributed by atoms with van der Waals surface area (Å²) in [5, 5.41) is 23.0. The maximum atomic E-state index is 12.3. The van der Waals surface area contributed by atoms with Crippen molar-refractivity contribution in [3.63, 3.8) is 0 Å². The molecule has 0 atom stereocenters. The Morgan fingerprint density at radius 1 is 1.17 bits per heavy atom. The summed E-state index contributed by atoms with van der Waals surface area (Å²) in [6.07, 6.45) is 7.97. The predicted molar refractivity (Wildman–Crippen MR) is 108 cm³/mol. The highest BCUT2D eigenvalue weighted by molar-refractivity contribution is 5.68. The minimum atomic E-state index is -0.201. The van der Waals surface area contributed by atoms with E-state index in [-0.39, 0.29) is 11.3 Å². The molecule has 7 heteroatoms. The average Bonchev–Trinajstić information content (AvgIpc) is 2.76. The van der Waals surface area contributed by atoms with E-state index in [1.54, 1.807) is 6.07 Å². The Kier molecular flexibility index (Phi) is 4.99. The van der Waals surface area contributed by atoms with Gasteiger partial charge in [-0.05, 0) is 42.2 Å². The first-order valence-corrected chi connectivity index (χ1v) is 9.12. The Hall–Kier alpha value is -4.05. The summed E-state index contributed by atoms with van der Waals surface area (Å²) in [6.45, 7) is 0.298. The predicted octanol–water partition coefficient (Wildman–Crippen LogP) is 3.08. The Bertz CT molecular complexity index is 1220. The van der Waals surface area contributed by atoms with Crippen LogP contribution < -0.4 is 5.56 Å². The van der Waals surface area contributed by atoms with Crippen LogP contribution >= 0.6 is 0 Å². The van der Waals surface area contributed by atoms with Gasteiger partial charge in [0.05, 0.1) is 30.7 Å². The second kappa shape index (κ2) is 7.90. The number of allylic oxidation sites excluding steroid dienone is 4. The highest BCUT2D eigenvalue weighted by atomic mass is 16.3. The number of aromatic nitrogens is 4. The van der Waals surface area contributed by atoms with Gasteiger partial charge in [0.25, 0.3) is 5.56 Å². The number of nitriles is 1. The van der Waals surface area contributed by atoms with Gasteiger partial charge in [-0.3, -0.25) is 4.79 Å². The number of nitrogens with zero attached hydrogens (tertiary/aromatic N) is 5. The number of hydrogen-bond acceptors (Lipinski definition) is 6. The highest BCUT2D eigenvalue weighted by Gasteiger charge is 2.11. The molecule has 4 rings (SSSR count). The lowest BCUT2D eigenvalue weighted by molar-refractivity contribution is 0.470. The van der Waals surface area contributed by atoms with E-state index in [4.69, 9.17) is 5.26 Å². The van der Waals surface area contributed by atoms with Crippen molar-refractivity contribution in [2.45, 2.75) is 19.4 Å². The molecule has 1 aliphatic rings. The average molecular weight is 383 g/mol. The fraction of sp³-hybridized carbons (Fsp3) is 0.136. The Labute approximate surface area is 166 Å². The molecular formula is C22H17N5O2. The lowest BCUT2D eigenvalue weighted by Crippen LogP contribution is -2.23. The van der Waals surface area contributed by atoms with E-state index >= 15 is 0 Å². The van der Waals surface area contributed by atoms with Crippen LogP contribution in [0, 0.1) is 11.3 Å². The first kappa shape index (κ1) is 18.3. The van der Waals surface area contributed by atoms with Gasteiger partial charge in [0, 0.05) is 17.2 Å². The Morgan fingerprint density at radius 2 is 2.00 bits per heavy atom. The maximum absolute atomic E-state index is 12.3. The van der Waals surface area contributed by atoms with E-state index in [2.05, 4.69) is 21.1 Å². The van der Waals surface area contributed by atoms with Crippen molar-refractivity contribution in [3.8, 4) is 23.2 Å². The minimum absolute atomic E-state index is 0.00360. The largest absolute Gasteiger partial charge is 0.505 e. The zero-order valence-corrected chi connectivity index (χ0v) is 15.5. The van der Waals surface area contributed by atoms with Crippen molar-refractivity contribution in [1.29, 1.82) is 5.26 Å². The van der Waals surface area contributed by atoms with Crippen molar-refractivity contribution >= 4 is 5.57 Å². The monoisotopic (exact) mass is 383 g/mol. The van der Waals surface area contributed by atoms with Crippen LogP contribution in [0.15, 0.2) is 71.3 Å². The first-order valence-electron chi connectivity index (χ1n) is 9.12. The molecule has 1 aliphatic carbocycles. The topological polar surface area (TPSA) is 105 Å². The summed E-state index contributed by atoms with van der Waals surface area (Å²) in [7, 11) is 0. The van der Waals surface area contributed by atoms with Crippen LogP contribution in [0.3, 0.4) is 0 Å². The maximum Gasteiger partial charge on any atom is 0.267 e. The molecule has 142 valence electrons. The Morgan fingerprint density at radius 3 is 2.79 bits per heavy atom. The molecule has 0 amide bonds. The van der Waals surface area contributed by atoms with Gasteiger partial charge >= 0.3 is 0 Å². The number of hydrogen-bond donors (Lipinski definition) is 1. The van der Waals surface area contributed by atoms with Crippen LogP contribution in [0.25, 0.3) is 17.0 Å². The molecule has 2 aromatic heterocycles. The molecule has 0 saturated heterocycles. The van der Waals surface area contributed by atoms with Crippen LogP contribution in [0.2, 0.25) is 0 Å². The molecular weight excluding hydrogens is 366 g/mol. The van der Waals surface area contributed by atoms with Gasteiger partial charge in [-0.15, -0.1) is 0 Å². The highest BCUT2D eigenvalue weighted by Crippen LogP contribution is 2.24. The van der Waals surface area contributed by atoms with Crippen LogP contribution in [0.1, 0.15) is 24.1 Å². The third-order valence-electron chi connectivity index (χ3n) is 4.59. The van der Waals surface area contributed by atoms with Crippen molar-refractivity contribution in [2.24, 2.45) is 0 Å². The summed E-state index contributed by atoms with van der Waals surface area (Å²) in [5.74, 6) is 0.491. The van der Waals surface area contributed by atoms with Gasteiger partial charge < -0.3 is 5.11 Å². The minimum Gasteiger partial charge on any atom is -0.505 e. The van der Waals surface area contributed by atoms with E-state index in [9.17, 15) is 9.90 Å². The van der Waals surface area contributed by atoms with Crippen molar-refractivity contribution in [1.82, 2.24) is 19.7 Å². The second-order valence-corrected chi connectivity index (χ2v) is 6.66. The normalized spacial score (nSPS) is 13.3. The molecule has 0 aliphatic heterocycles. The molecule has 1 aromatic carbocycles. The summed E-state index contributed by atoms with van der Waals surface area (Å²) >= 11 is 0. The van der Waals surface area contributed by atoms with Crippen LogP contribution in [-0.4, -0.2) is 24.9 Å². The fourth-order valence-corrected chi connectivity index (χ4v) is 3.17. The van der Waals surface area contributed by atoms with Crippen LogP contribution in [0.5, 0.6) is 5.75 Å². The third kappa shape index (κ3) is 4.12. The standard InChI is InChI=1S/C22H17N5O2/c23-11-15-3-1-5-17(9-15)20-7-8-21(29)27(26-20)14-16-4-2-6-18(10-16)22-24-12-19(28)13-25-22/h2-4,6-10,12-13,28H,1,5,14H2.